The smallest absolute Gasteiger partial charge is 0.0802 e. The van der Waals surface area contributed by atoms with Gasteiger partial charge in [0.1, 0.15) is 9.52 Å². The molecule has 0 unspecified atom stereocenters. The lowest BCUT2D eigenvalue weighted by atomic mass is 9.85. The molecular formula is C24H26Si. The Morgan fingerprint density at radius 2 is 1.60 bits per heavy atom. The number of allylic oxidation sites excluding steroid dienone is 4. The van der Waals surface area contributed by atoms with E-state index in [4.69, 9.17) is 0 Å². The van der Waals surface area contributed by atoms with Gasteiger partial charge in [0, 0.05) is 0 Å². The first-order valence-corrected chi connectivity index (χ1v) is 10.7. The fourth-order valence-electron chi connectivity index (χ4n) is 4.20. The summed E-state index contributed by atoms with van der Waals surface area (Å²) in [5.74, 6) is 0.906. The summed E-state index contributed by atoms with van der Waals surface area (Å²) in [6.45, 7) is 0. The third-order valence-corrected chi connectivity index (χ3v) is 7.09. The SMILES string of the molecule is C1=CC(c2ccccc2)=C([Si]c2ccccc2CC2CCCCC2)C1. The van der Waals surface area contributed by atoms with Crippen molar-refractivity contribution >= 4 is 20.3 Å². The van der Waals surface area contributed by atoms with Crippen molar-refractivity contribution in [3.05, 3.63) is 83.1 Å². The van der Waals surface area contributed by atoms with Crippen LogP contribution in [-0.2, 0) is 6.42 Å². The van der Waals surface area contributed by atoms with Crippen LogP contribution < -0.4 is 5.19 Å². The zero-order valence-electron chi connectivity index (χ0n) is 14.9. The average molecular weight is 343 g/mol. The second kappa shape index (κ2) is 8.01. The molecule has 2 aromatic carbocycles. The van der Waals surface area contributed by atoms with E-state index in [0.29, 0.717) is 0 Å². The van der Waals surface area contributed by atoms with Crippen LogP contribution in [0.4, 0.5) is 0 Å². The maximum Gasteiger partial charge on any atom is 0.117 e. The number of rotatable bonds is 5. The Balaban J connectivity index is 1.56. The van der Waals surface area contributed by atoms with E-state index in [1.165, 1.54) is 49.7 Å². The van der Waals surface area contributed by atoms with Crippen LogP contribution in [0.3, 0.4) is 0 Å². The Morgan fingerprint density at radius 3 is 2.44 bits per heavy atom. The van der Waals surface area contributed by atoms with Gasteiger partial charge in [0.25, 0.3) is 0 Å². The first kappa shape index (κ1) is 16.6. The summed E-state index contributed by atoms with van der Waals surface area (Å²) in [4.78, 5) is 0. The molecule has 0 heterocycles. The van der Waals surface area contributed by atoms with E-state index in [-0.39, 0.29) is 0 Å². The molecule has 0 nitrogen and oxygen atoms in total. The van der Waals surface area contributed by atoms with Crippen LogP contribution in [0, 0.1) is 5.92 Å². The molecule has 25 heavy (non-hydrogen) atoms. The molecule has 2 aliphatic carbocycles. The summed E-state index contributed by atoms with van der Waals surface area (Å²) in [6, 6.07) is 20.1. The second-order valence-corrected chi connectivity index (χ2v) is 8.75. The van der Waals surface area contributed by atoms with Crippen molar-refractivity contribution in [3.8, 4) is 0 Å². The van der Waals surface area contributed by atoms with Gasteiger partial charge in [0.15, 0.2) is 0 Å². The van der Waals surface area contributed by atoms with Gasteiger partial charge in [-0.3, -0.25) is 0 Å². The molecule has 0 saturated heterocycles. The van der Waals surface area contributed by atoms with Gasteiger partial charge in [-0.05, 0) is 35.5 Å². The highest BCUT2D eigenvalue weighted by atomic mass is 28.2. The normalized spacial score (nSPS) is 18.1. The number of hydrogen-bond acceptors (Lipinski definition) is 0. The molecule has 2 aromatic rings. The Labute approximate surface area is 154 Å². The summed E-state index contributed by atoms with van der Waals surface area (Å²) in [7, 11) is 0.801. The Bertz CT molecular complexity index is 764. The Kier molecular flexibility index (Phi) is 5.32. The summed E-state index contributed by atoms with van der Waals surface area (Å²) in [5, 5.41) is 3.17. The number of hydrogen-bond donors (Lipinski definition) is 0. The van der Waals surface area contributed by atoms with Crippen LogP contribution in [0.15, 0.2) is 71.9 Å². The van der Waals surface area contributed by atoms with E-state index in [1.54, 1.807) is 15.9 Å². The minimum Gasteiger partial charge on any atom is -0.0802 e. The van der Waals surface area contributed by atoms with Gasteiger partial charge in [-0.2, -0.15) is 0 Å². The van der Waals surface area contributed by atoms with Crippen LogP contribution in [0.1, 0.15) is 49.7 Å². The minimum absolute atomic E-state index is 0.801. The van der Waals surface area contributed by atoms with E-state index >= 15 is 0 Å². The van der Waals surface area contributed by atoms with Gasteiger partial charge in [-0.1, -0.05) is 109 Å². The van der Waals surface area contributed by atoms with E-state index in [0.717, 1.165) is 21.9 Å². The lowest BCUT2D eigenvalue weighted by molar-refractivity contribution is 0.357. The quantitative estimate of drug-likeness (QED) is 0.629. The highest BCUT2D eigenvalue weighted by molar-refractivity contribution is 6.63. The van der Waals surface area contributed by atoms with E-state index in [1.807, 2.05) is 0 Å². The molecule has 2 aliphatic rings. The summed E-state index contributed by atoms with van der Waals surface area (Å²) in [6.07, 6.45) is 14.2. The van der Waals surface area contributed by atoms with E-state index in [9.17, 15) is 0 Å². The maximum absolute atomic E-state index is 2.38. The van der Waals surface area contributed by atoms with Crippen molar-refractivity contribution in [2.24, 2.45) is 5.92 Å². The zero-order valence-corrected chi connectivity index (χ0v) is 15.9. The molecule has 0 spiro atoms. The molecule has 0 bridgehead atoms. The molecule has 1 saturated carbocycles. The molecule has 0 aliphatic heterocycles. The molecular weight excluding hydrogens is 316 g/mol. The summed E-state index contributed by atoms with van der Waals surface area (Å²) >= 11 is 0. The van der Waals surface area contributed by atoms with Gasteiger partial charge in [0.2, 0.25) is 0 Å². The van der Waals surface area contributed by atoms with E-state index in [2.05, 4.69) is 66.7 Å². The average Bonchev–Trinajstić information content (AvgIpc) is 3.13. The topological polar surface area (TPSA) is 0 Å². The van der Waals surface area contributed by atoms with Crippen LogP contribution in [0.2, 0.25) is 0 Å². The van der Waals surface area contributed by atoms with Gasteiger partial charge in [-0.25, -0.2) is 0 Å². The van der Waals surface area contributed by atoms with Crippen molar-refractivity contribution in [2.45, 2.75) is 44.9 Å². The van der Waals surface area contributed by atoms with Crippen LogP contribution in [0.25, 0.3) is 5.57 Å². The van der Waals surface area contributed by atoms with Crippen molar-refractivity contribution in [1.82, 2.24) is 0 Å². The van der Waals surface area contributed by atoms with Crippen molar-refractivity contribution in [3.63, 3.8) is 0 Å². The second-order valence-electron chi connectivity index (χ2n) is 7.36. The first-order valence-electron chi connectivity index (χ1n) is 9.70. The molecule has 0 aromatic heterocycles. The molecule has 1 heteroatoms. The summed E-state index contributed by atoms with van der Waals surface area (Å²) < 4.78 is 0. The maximum atomic E-state index is 2.38. The molecule has 126 valence electrons. The predicted octanol–water partition coefficient (Wildman–Crippen LogP) is 5.51. The fourth-order valence-corrected chi connectivity index (χ4v) is 5.63. The van der Waals surface area contributed by atoms with Gasteiger partial charge >= 0.3 is 0 Å². The summed E-state index contributed by atoms with van der Waals surface area (Å²) in [5.41, 5.74) is 4.41. The van der Waals surface area contributed by atoms with Crippen LogP contribution in [0.5, 0.6) is 0 Å². The molecule has 1 fully saturated rings. The highest BCUT2D eigenvalue weighted by Crippen LogP contribution is 2.29. The minimum atomic E-state index is 0.801. The molecule has 2 radical (unpaired) electrons. The molecule has 4 rings (SSSR count). The zero-order chi connectivity index (χ0) is 16.9. The molecule has 0 atom stereocenters. The van der Waals surface area contributed by atoms with Crippen molar-refractivity contribution in [2.75, 3.05) is 0 Å². The van der Waals surface area contributed by atoms with Crippen molar-refractivity contribution in [1.29, 1.82) is 0 Å². The van der Waals surface area contributed by atoms with Gasteiger partial charge in [-0.15, -0.1) is 0 Å². The Morgan fingerprint density at radius 1 is 0.840 bits per heavy atom. The fraction of sp³-hybridized carbons (Fsp3) is 0.333. The largest absolute Gasteiger partial charge is 0.117 e. The molecule has 0 amide bonds. The lowest BCUT2D eigenvalue weighted by Crippen LogP contribution is -2.23. The Hall–Kier alpha value is -1.86. The van der Waals surface area contributed by atoms with E-state index < -0.39 is 0 Å². The van der Waals surface area contributed by atoms with Gasteiger partial charge < -0.3 is 0 Å². The third kappa shape index (κ3) is 4.04. The number of benzene rings is 2. The predicted molar refractivity (Wildman–Crippen MR) is 109 cm³/mol. The first-order chi connectivity index (χ1) is 12.4. The third-order valence-electron chi connectivity index (χ3n) is 5.55. The van der Waals surface area contributed by atoms with Gasteiger partial charge in [0.05, 0.1) is 0 Å². The van der Waals surface area contributed by atoms with Crippen LogP contribution in [-0.4, -0.2) is 9.52 Å². The standard InChI is InChI=1S/C24H26Si/c1-3-10-19(11-4-1)18-21-14-7-8-16-23(21)25-24-17-9-15-22(24)20-12-5-2-6-13-20/h2,5-9,12-16,19H,1,3-4,10-11,17-18H2. The van der Waals surface area contributed by atoms with Crippen molar-refractivity contribution < 1.29 is 0 Å². The lowest BCUT2D eigenvalue weighted by Gasteiger charge is -2.23. The van der Waals surface area contributed by atoms with Crippen LogP contribution >= 0.6 is 0 Å². The molecule has 0 N–H and O–H groups in total. The highest BCUT2D eigenvalue weighted by Gasteiger charge is 2.18. The monoisotopic (exact) mass is 342 g/mol.